The van der Waals surface area contributed by atoms with E-state index in [1.54, 1.807) is 18.2 Å². The van der Waals surface area contributed by atoms with E-state index >= 15 is 0 Å². The molecule has 2 aliphatic heterocycles. The van der Waals surface area contributed by atoms with Crippen LogP contribution in [0.25, 0.3) is 44.8 Å². The first kappa shape index (κ1) is 25.3. The summed E-state index contributed by atoms with van der Waals surface area (Å²) < 4.78 is 87.5. The summed E-state index contributed by atoms with van der Waals surface area (Å²) in [6, 6.07) is 15.2. The van der Waals surface area contributed by atoms with E-state index < -0.39 is 35.3 Å². The Kier molecular flexibility index (Phi) is 4.75. The van der Waals surface area contributed by atoms with E-state index in [-0.39, 0.29) is 50.8 Å². The van der Waals surface area contributed by atoms with Crippen LogP contribution in [0, 0.1) is 0 Å². The van der Waals surface area contributed by atoms with Gasteiger partial charge in [-0.1, -0.05) is 0 Å². The summed E-state index contributed by atoms with van der Waals surface area (Å²) in [7, 11) is 0. The smallest absolute Gasteiger partial charge is 0.416 e. The van der Waals surface area contributed by atoms with Gasteiger partial charge in [0.05, 0.1) is 44.3 Å². The average molecular weight is 590 g/mol. The first-order valence-corrected chi connectivity index (χ1v) is 12.6. The quantitative estimate of drug-likeness (QED) is 0.194. The molecule has 7 nitrogen and oxygen atoms in total. The van der Waals surface area contributed by atoms with Gasteiger partial charge >= 0.3 is 12.4 Å². The van der Waals surface area contributed by atoms with Crippen LogP contribution in [0.5, 0.6) is 11.5 Å². The van der Waals surface area contributed by atoms with E-state index in [9.17, 15) is 35.9 Å². The van der Waals surface area contributed by atoms with Gasteiger partial charge in [0.2, 0.25) is 0 Å². The van der Waals surface area contributed by atoms with Crippen molar-refractivity contribution in [2.75, 3.05) is 0 Å². The van der Waals surface area contributed by atoms with Crippen molar-refractivity contribution in [1.29, 1.82) is 0 Å². The molecular weight excluding hydrogens is 578 g/mol. The molecule has 0 fully saturated rings. The lowest BCUT2D eigenvalue weighted by molar-refractivity contribution is -0.138. The van der Waals surface area contributed by atoms with E-state index in [0.29, 0.717) is 16.7 Å². The number of halogens is 6. The summed E-state index contributed by atoms with van der Waals surface area (Å²) >= 11 is 0. The number of alkyl halides is 6. The molecule has 0 N–H and O–H groups in total. The number of carbonyl (C=O) groups excluding carboxylic acids is 2. The Hall–Kier alpha value is -5.46. The lowest BCUT2D eigenvalue weighted by atomic mass is 10.1. The van der Waals surface area contributed by atoms with Crippen molar-refractivity contribution in [2.24, 2.45) is 0 Å². The maximum absolute atomic E-state index is 13.3. The van der Waals surface area contributed by atoms with Crippen LogP contribution in [0.1, 0.15) is 31.8 Å². The van der Waals surface area contributed by atoms with Crippen molar-refractivity contribution in [3.05, 3.63) is 95.1 Å². The summed E-state index contributed by atoms with van der Waals surface area (Å²) in [6.45, 7) is 0. The number of nitrogens with zero attached hydrogens (tertiary/aromatic N) is 4. The van der Waals surface area contributed by atoms with Crippen LogP contribution in [0.3, 0.4) is 0 Å². The fourth-order valence-electron chi connectivity index (χ4n) is 5.58. The van der Waals surface area contributed by atoms with Gasteiger partial charge in [0.25, 0.3) is 11.8 Å². The Morgan fingerprint density at radius 2 is 1.00 bits per heavy atom. The van der Waals surface area contributed by atoms with Crippen molar-refractivity contribution in [1.82, 2.24) is 19.1 Å². The fourth-order valence-corrected chi connectivity index (χ4v) is 5.58. The van der Waals surface area contributed by atoms with E-state index in [1.165, 1.54) is 39.5 Å². The first-order valence-electron chi connectivity index (χ1n) is 12.6. The molecule has 6 aromatic rings. The Morgan fingerprint density at radius 1 is 0.535 bits per heavy atom. The molecular formula is C30H12F6N4O3. The summed E-state index contributed by atoms with van der Waals surface area (Å²) in [5, 5.41) is 0. The van der Waals surface area contributed by atoms with Crippen LogP contribution in [0.4, 0.5) is 26.3 Å². The van der Waals surface area contributed by atoms with Crippen molar-refractivity contribution >= 4 is 33.9 Å². The Balaban J connectivity index is 1.13. The molecule has 0 spiro atoms. The number of hydrogen-bond donors (Lipinski definition) is 0. The molecule has 13 heteroatoms. The molecule has 8 rings (SSSR count). The van der Waals surface area contributed by atoms with Gasteiger partial charge in [-0.25, -0.2) is 9.97 Å². The van der Waals surface area contributed by atoms with Crippen LogP contribution in [-0.4, -0.2) is 30.9 Å². The van der Waals surface area contributed by atoms with Crippen LogP contribution in [0.2, 0.25) is 0 Å². The highest BCUT2D eigenvalue weighted by Crippen LogP contribution is 2.42. The molecule has 0 bridgehead atoms. The number of aromatic nitrogens is 4. The zero-order valence-electron chi connectivity index (χ0n) is 21.2. The van der Waals surface area contributed by atoms with Crippen molar-refractivity contribution in [2.45, 2.75) is 12.4 Å². The van der Waals surface area contributed by atoms with Gasteiger partial charge in [-0.3, -0.25) is 18.7 Å². The number of fused-ring (bicyclic) bond motifs is 10. The normalized spacial score (nSPS) is 13.9. The van der Waals surface area contributed by atoms with Crippen molar-refractivity contribution in [3.8, 4) is 34.3 Å². The maximum Gasteiger partial charge on any atom is 0.416 e. The molecule has 0 saturated carbocycles. The van der Waals surface area contributed by atoms with E-state index in [4.69, 9.17) is 4.74 Å². The van der Waals surface area contributed by atoms with Crippen molar-refractivity contribution in [3.63, 3.8) is 0 Å². The molecule has 2 aliphatic rings. The van der Waals surface area contributed by atoms with Crippen LogP contribution >= 0.6 is 0 Å². The summed E-state index contributed by atoms with van der Waals surface area (Å²) in [6.07, 6.45) is -9.12. The number of benzene rings is 4. The number of hydrogen-bond acceptors (Lipinski definition) is 5. The first-order chi connectivity index (χ1) is 20.4. The Labute approximate surface area is 235 Å². The predicted octanol–water partition coefficient (Wildman–Crippen LogP) is 7.55. The summed E-state index contributed by atoms with van der Waals surface area (Å²) in [4.78, 5) is 34.9. The highest BCUT2D eigenvalue weighted by atomic mass is 19.4. The average Bonchev–Trinajstić information content (AvgIpc) is 3.66. The third-order valence-electron chi connectivity index (χ3n) is 7.53. The lowest BCUT2D eigenvalue weighted by Crippen LogP contribution is -2.07. The molecule has 0 unspecified atom stereocenters. The van der Waals surface area contributed by atoms with Gasteiger partial charge in [0.1, 0.15) is 23.1 Å². The molecule has 0 radical (unpaired) electrons. The lowest BCUT2D eigenvalue weighted by Gasteiger charge is -2.09. The molecule has 4 aromatic carbocycles. The second kappa shape index (κ2) is 8.09. The highest BCUT2D eigenvalue weighted by molar-refractivity contribution is 6.14. The van der Waals surface area contributed by atoms with E-state index in [2.05, 4.69) is 9.97 Å². The topological polar surface area (TPSA) is 79.0 Å². The Bertz CT molecular complexity index is 2240. The SMILES string of the molecule is O=C1c2cc(Oc3ccc4c(c3)-c3nc5cc(C(F)(F)F)ccc5n3C4=O)ccc2-c2nc3cc(C(F)(F)F)ccc3n21. The van der Waals surface area contributed by atoms with Gasteiger partial charge in [0, 0.05) is 11.1 Å². The highest BCUT2D eigenvalue weighted by Gasteiger charge is 2.36. The predicted molar refractivity (Wildman–Crippen MR) is 140 cm³/mol. The minimum Gasteiger partial charge on any atom is -0.457 e. The van der Waals surface area contributed by atoms with Gasteiger partial charge < -0.3 is 4.74 Å². The van der Waals surface area contributed by atoms with Crippen LogP contribution < -0.4 is 4.74 Å². The monoisotopic (exact) mass is 590 g/mol. The maximum atomic E-state index is 13.3. The molecule has 43 heavy (non-hydrogen) atoms. The molecule has 212 valence electrons. The van der Waals surface area contributed by atoms with E-state index in [1.807, 2.05) is 0 Å². The number of imidazole rings is 2. The number of rotatable bonds is 2. The summed E-state index contributed by atoms with van der Waals surface area (Å²) in [5.74, 6) is -0.0000571. The standard InChI is InChI=1S/C30H12F6N4O3/c31-29(32,33)13-1-7-23-21(9-13)37-25-17-5-3-16(12-20(17)28(42)39(23)25)43-15-4-6-18-19(11-15)26-38-22-10-14(30(34,35)36)2-8-24(22)40(26)27(18)41/h1-12H. The Morgan fingerprint density at radius 3 is 1.53 bits per heavy atom. The van der Waals surface area contributed by atoms with Gasteiger partial charge in [-0.2, -0.15) is 26.3 Å². The number of carbonyl (C=O) groups is 2. The van der Waals surface area contributed by atoms with Crippen molar-refractivity contribution < 1.29 is 40.7 Å². The van der Waals surface area contributed by atoms with E-state index in [0.717, 1.165) is 24.3 Å². The second-order valence-electron chi connectivity index (χ2n) is 10.1. The molecule has 0 saturated heterocycles. The zero-order valence-corrected chi connectivity index (χ0v) is 21.2. The molecule has 0 atom stereocenters. The summed E-state index contributed by atoms with van der Waals surface area (Å²) in [5.41, 5.74) is 0.114. The molecule has 2 aromatic heterocycles. The van der Waals surface area contributed by atoms with Gasteiger partial charge in [0.15, 0.2) is 0 Å². The van der Waals surface area contributed by atoms with Gasteiger partial charge in [-0.05, 0) is 72.8 Å². The minimum atomic E-state index is -4.56. The van der Waals surface area contributed by atoms with Gasteiger partial charge in [-0.15, -0.1) is 0 Å². The van der Waals surface area contributed by atoms with Crippen LogP contribution in [0.15, 0.2) is 72.8 Å². The largest absolute Gasteiger partial charge is 0.457 e. The third kappa shape index (κ3) is 3.57. The fraction of sp³-hybridized carbons (Fsp3) is 0.0667. The third-order valence-corrected chi connectivity index (χ3v) is 7.53. The molecule has 0 amide bonds. The molecule has 0 aliphatic carbocycles. The van der Waals surface area contributed by atoms with Crippen LogP contribution in [-0.2, 0) is 12.4 Å². The number of ether oxygens (including phenoxy) is 1. The molecule has 4 heterocycles. The second-order valence-corrected chi connectivity index (χ2v) is 10.1. The minimum absolute atomic E-state index is 0.0203. The zero-order chi connectivity index (χ0) is 30.0.